The fraction of sp³-hybridized carbons (Fsp3) is 0. The summed E-state index contributed by atoms with van der Waals surface area (Å²) in [5.74, 6) is -0.709. The van der Waals surface area contributed by atoms with Gasteiger partial charge in [-0.15, -0.1) is 0 Å². The molecule has 6 heteroatoms. The summed E-state index contributed by atoms with van der Waals surface area (Å²) in [6.45, 7) is 0. The third-order valence-corrected chi connectivity index (χ3v) is 3.29. The first-order valence-corrected chi connectivity index (χ1v) is 5.92. The summed E-state index contributed by atoms with van der Waals surface area (Å²) < 4.78 is 0.590. The number of hydrogen-bond donors (Lipinski definition) is 0. The highest BCUT2D eigenvalue weighted by molar-refractivity contribution is 9.10. The molecule has 2 aromatic rings. The molecule has 2 aromatic heterocycles. The highest BCUT2D eigenvalue weighted by Crippen LogP contribution is 2.32. The Labute approximate surface area is 111 Å². The van der Waals surface area contributed by atoms with E-state index in [0.29, 0.717) is 21.3 Å². The lowest BCUT2D eigenvalue weighted by atomic mass is 10.2. The quantitative estimate of drug-likeness (QED) is 0.756. The van der Waals surface area contributed by atoms with Gasteiger partial charge in [-0.05, 0) is 28.1 Å². The van der Waals surface area contributed by atoms with E-state index in [9.17, 15) is 9.59 Å². The fourth-order valence-electron chi connectivity index (χ4n) is 1.85. The van der Waals surface area contributed by atoms with Crippen LogP contribution in [0.5, 0.6) is 0 Å². The van der Waals surface area contributed by atoms with Crippen molar-refractivity contribution in [3.8, 4) is 0 Å². The summed E-state index contributed by atoms with van der Waals surface area (Å²) in [4.78, 5) is 33.3. The lowest BCUT2D eigenvalue weighted by molar-refractivity contribution is 0.0926. The second kappa shape index (κ2) is 3.99. The Balaban J connectivity index is 2.16. The molecule has 0 radical (unpaired) electrons. The number of carbonyl (C=O) groups is 2. The first-order valence-electron chi connectivity index (χ1n) is 5.12. The summed E-state index contributed by atoms with van der Waals surface area (Å²) in [5.41, 5.74) is 1.18. The third-order valence-electron chi connectivity index (χ3n) is 2.68. The fourth-order valence-corrected chi connectivity index (χ4v) is 2.28. The summed E-state index contributed by atoms with van der Waals surface area (Å²) >= 11 is 3.28. The summed E-state index contributed by atoms with van der Waals surface area (Å²) in [5, 5.41) is 0. The molecule has 18 heavy (non-hydrogen) atoms. The van der Waals surface area contributed by atoms with Gasteiger partial charge in [-0.2, -0.15) is 0 Å². The van der Waals surface area contributed by atoms with Crippen LogP contribution in [0.3, 0.4) is 0 Å². The van der Waals surface area contributed by atoms with E-state index in [1.807, 2.05) is 0 Å². The van der Waals surface area contributed by atoms with Gasteiger partial charge in [0.05, 0.1) is 21.3 Å². The Bertz CT molecular complexity index is 637. The Morgan fingerprint density at radius 1 is 0.944 bits per heavy atom. The normalized spacial score (nSPS) is 13.9. The van der Waals surface area contributed by atoms with Crippen LogP contribution in [-0.4, -0.2) is 21.8 Å². The van der Waals surface area contributed by atoms with Crippen LogP contribution in [0.15, 0.2) is 41.4 Å². The van der Waals surface area contributed by atoms with Crippen LogP contribution in [0.4, 0.5) is 5.69 Å². The van der Waals surface area contributed by atoms with Crippen molar-refractivity contribution in [1.29, 1.82) is 0 Å². The smallest absolute Gasteiger partial charge is 0.267 e. The highest BCUT2D eigenvalue weighted by Gasteiger charge is 2.37. The monoisotopic (exact) mass is 303 g/mol. The second-order valence-electron chi connectivity index (χ2n) is 3.69. The molecule has 88 valence electrons. The SMILES string of the molecule is O=C1c2ccncc2C(=O)N1c1ccncc1Br. The molecule has 1 aliphatic rings. The molecule has 0 unspecified atom stereocenters. The molecule has 0 N–H and O–H groups in total. The Morgan fingerprint density at radius 3 is 2.33 bits per heavy atom. The van der Waals surface area contributed by atoms with Gasteiger partial charge in [-0.1, -0.05) is 0 Å². The van der Waals surface area contributed by atoms with E-state index in [4.69, 9.17) is 0 Å². The maximum atomic E-state index is 12.2. The Morgan fingerprint density at radius 2 is 1.61 bits per heavy atom. The van der Waals surface area contributed by atoms with Crippen molar-refractivity contribution >= 4 is 33.4 Å². The predicted octanol–water partition coefficient (Wildman–Crippen LogP) is 2.04. The minimum Gasteiger partial charge on any atom is -0.268 e. The van der Waals surface area contributed by atoms with Crippen molar-refractivity contribution in [2.75, 3.05) is 4.90 Å². The highest BCUT2D eigenvalue weighted by atomic mass is 79.9. The number of rotatable bonds is 1. The maximum Gasteiger partial charge on any atom is 0.267 e. The molecule has 0 aromatic carbocycles. The molecule has 0 saturated carbocycles. The number of amides is 2. The first kappa shape index (κ1) is 11.0. The van der Waals surface area contributed by atoms with Gasteiger partial charge in [0.15, 0.2) is 0 Å². The molecular weight excluding hydrogens is 298 g/mol. The molecule has 0 bridgehead atoms. The Kier molecular flexibility index (Phi) is 2.45. The van der Waals surface area contributed by atoms with Gasteiger partial charge in [0.1, 0.15) is 0 Å². The zero-order valence-electron chi connectivity index (χ0n) is 9.00. The number of halogens is 1. The second-order valence-corrected chi connectivity index (χ2v) is 4.55. The van der Waals surface area contributed by atoms with Crippen molar-refractivity contribution in [1.82, 2.24) is 9.97 Å². The number of imide groups is 1. The van der Waals surface area contributed by atoms with Crippen LogP contribution in [0, 0.1) is 0 Å². The summed E-state index contributed by atoms with van der Waals surface area (Å²) in [7, 11) is 0. The van der Waals surface area contributed by atoms with Crippen LogP contribution >= 0.6 is 15.9 Å². The van der Waals surface area contributed by atoms with Gasteiger partial charge < -0.3 is 0 Å². The number of carbonyl (C=O) groups excluding carboxylic acids is 2. The lowest BCUT2D eigenvalue weighted by Crippen LogP contribution is -2.29. The van der Waals surface area contributed by atoms with E-state index in [-0.39, 0.29) is 11.8 Å². The van der Waals surface area contributed by atoms with E-state index in [0.717, 1.165) is 4.90 Å². The Hall–Kier alpha value is -2.08. The van der Waals surface area contributed by atoms with Crippen molar-refractivity contribution in [3.63, 3.8) is 0 Å². The number of hydrogen-bond acceptors (Lipinski definition) is 4. The molecule has 3 heterocycles. The maximum absolute atomic E-state index is 12.2. The average molecular weight is 304 g/mol. The van der Waals surface area contributed by atoms with Crippen LogP contribution in [0.1, 0.15) is 20.7 Å². The van der Waals surface area contributed by atoms with Gasteiger partial charge in [0, 0.05) is 24.8 Å². The average Bonchev–Trinajstić information content (AvgIpc) is 2.64. The molecule has 1 aliphatic heterocycles. The molecule has 0 atom stereocenters. The van der Waals surface area contributed by atoms with Crippen molar-refractivity contribution in [2.45, 2.75) is 0 Å². The van der Waals surface area contributed by atoms with E-state index in [1.165, 1.54) is 24.8 Å². The summed E-state index contributed by atoms with van der Waals surface area (Å²) in [6, 6.07) is 3.16. The molecule has 0 saturated heterocycles. The minimum absolute atomic E-state index is 0.325. The standard InChI is InChI=1S/C12H6BrN3O2/c13-9-6-15-4-2-10(9)16-11(17)7-1-3-14-5-8(7)12(16)18/h1-6H. The van der Waals surface area contributed by atoms with Crippen LogP contribution < -0.4 is 4.90 Å². The number of fused-ring (bicyclic) bond motifs is 1. The lowest BCUT2D eigenvalue weighted by Gasteiger charge is -2.14. The van der Waals surface area contributed by atoms with E-state index < -0.39 is 0 Å². The van der Waals surface area contributed by atoms with E-state index in [2.05, 4.69) is 25.9 Å². The number of aromatic nitrogens is 2. The van der Waals surface area contributed by atoms with Crippen molar-refractivity contribution in [2.24, 2.45) is 0 Å². The zero-order chi connectivity index (χ0) is 12.7. The van der Waals surface area contributed by atoms with Crippen LogP contribution in [0.2, 0.25) is 0 Å². The summed E-state index contributed by atoms with van der Waals surface area (Å²) in [6.07, 6.45) is 5.97. The van der Waals surface area contributed by atoms with Gasteiger partial charge >= 0.3 is 0 Å². The zero-order valence-corrected chi connectivity index (χ0v) is 10.6. The molecule has 0 fully saturated rings. The molecular formula is C12H6BrN3O2. The van der Waals surface area contributed by atoms with E-state index >= 15 is 0 Å². The molecule has 0 spiro atoms. The minimum atomic E-state index is -0.366. The largest absolute Gasteiger partial charge is 0.268 e. The number of anilines is 1. The van der Waals surface area contributed by atoms with Gasteiger partial charge in [-0.3, -0.25) is 19.6 Å². The molecule has 2 amide bonds. The predicted molar refractivity (Wildman–Crippen MR) is 67.3 cm³/mol. The van der Waals surface area contributed by atoms with E-state index in [1.54, 1.807) is 12.1 Å². The number of pyridine rings is 2. The van der Waals surface area contributed by atoms with Gasteiger partial charge in [0.2, 0.25) is 0 Å². The topological polar surface area (TPSA) is 63.2 Å². The number of nitrogens with zero attached hydrogens (tertiary/aromatic N) is 3. The first-order chi connectivity index (χ1) is 8.70. The molecule has 0 aliphatic carbocycles. The molecule has 5 nitrogen and oxygen atoms in total. The third kappa shape index (κ3) is 1.46. The van der Waals surface area contributed by atoms with Gasteiger partial charge in [-0.25, -0.2) is 4.90 Å². The van der Waals surface area contributed by atoms with Crippen LogP contribution in [0.25, 0.3) is 0 Å². The van der Waals surface area contributed by atoms with Crippen molar-refractivity contribution in [3.05, 3.63) is 52.5 Å². The molecule has 3 rings (SSSR count). The van der Waals surface area contributed by atoms with Crippen LogP contribution in [-0.2, 0) is 0 Å². The van der Waals surface area contributed by atoms with Crippen molar-refractivity contribution < 1.29 is 9.59 Å². The van der Waals surface area contributed by atoms with Gasteiger partial charge in [0.25, 0.3) is 11.8 Å².